The van der Waals surface area contributed by atoms with Crippen LogP contribution in [0.15, 0.2) is 40.9 Å². The summed E-state index contributed by atoms with van der Waals surface area (Å²) < 4.78 is 43.4. The summed E-state index contributed by atoms with van der Waals surface area (Å²) in [5.74, 6) is 0.570. The number of aliphatic imine (C=N–C) groups is 1. The Morgan fingerprint density at radius 1 is 1.29 bits per heavy atom. The number of hydrogen-bond donors (Lipinski definition) is 2. The number of halogens is 3. The van der Waals surface area contributed by atoms with Crippen LogP contribution < -0.4 is 10.6 Å². The van der Waals surface area contributed by atoms with E-state index in [0.29, 0.717) is 24.7 Å². The first kappa shape index (κ1) is 18.3. The van der Waals surface area contributed by atoms with Gasteiger partial charge in [-0.1, -0.05) is 23.8 Å². The van der Waals surface area contributed by atoms with Gasteiger partial charge < -0.3 is 15.4 Å². The van der Waals surface area contributed by atoms with Crippen molar-refractivity contribution in [2.75, 3.05) is 26.8 Å². The molecule has 0 amide bonds. The minimum absolute atomic E-state index is 0.278. The Morgan fingerprint density at radius 2 is 2.12 bits per heavy atom. The summed E-state index contributed by atoms with van der Waals surface area (Å²) >= 11 is 0. The fraction of sp³-hybridized carbons (Fsp3) is 0.471. The summed E-state index contributed by atoms with van der Waals surface area (Å²) in [7, 11) is 1.63. The number of rotatable bonds is 5. The maximum Gasteiger partial charge on any atom is 0.416 e. The molecule has 0 radical (unpaired) electrons. The average Bonchev–Trinajstić information content (AvgIpc) is 2.58. The van der Waals surface area contributed by atoms with Crippen molar-refractivity contribution in [3.63, 3.8) is 0 Å². The van der Waals surface area contributed by atoms with E-state index in [4.69, 9.17) is 4.74 Å². The van der Waals surface area contributed by atoms with Gasteiger partial charge in [-0.25, -0.2) is 0 Å². The minimum atomic E-state index is -4.33. The molecule has 0 bridgehead atoms. The number of alkyl halides is 3. The first-order chi connectivity index (χ1) is 11.5. The largest absolute Gasteiger partial charge is 0.416 e. The zero-order valence-corrected chi connectivity index (χ0v) is 13.6. The second-order valence-electron chi connectivity index (χ2n) is 5.49. The number of benzene rings is 1. The number of guanidine groups is 1. The van der Waals surface area contributed by atoms with Crippen LogP contribution in [0.4, 0.5) is 13.2 Å². The third-order valence-corrected chi connectivity index (χ3v) is 3.73. The van der Waals surface area contributed by atoms with Crippen molar-refractivity contribution in [1.82, 2.24) is 10.6 Å². The van der Waals surface area contributed by atoms with Crippen LogP contribution in [0.5, 0.6) is 0 Å². The van der Waals surface area contributed by atoms with Gasteiger partial charge in [0, 0.05) is 20.1 Å². The van der Waals surface area contributed by atoms with Crippen molar-refractivity contribution in [3.8, 4) is 0 Å². The van der Waals surface area contributed by atoms with Crippen LogP contribution in [0.2, 0.25) is 0 Å². The molecule has 0 spiro atoms. The summed E-state index contributed by atoms with van der Waals surface area (Å²) in [5.41, 5.74) is 1.26. The molecule has 1 aliphatic heterocycles. The quantitative estimate of drug-likeness (QED) is 0.491. The molecule has 0 atom stereocenters. The molecule has 1 aliphatic rings. The third kappa shape index (κ3) is 5.88. The molecule has 4 nitrogen and oxygen atoms in total. The molecule has 1 aromatic carbocycles. The first-order valence-corrected chi connectivity index (χ1v) is 7.85. The van der Waals surface area contributed by atoms with Crippen LogP contribution in [-0.2, 0) is 17.5 Å². The van der Waals surface area contributed by atoms with Crippen molar-refractivity contribution in [3.05, 3.63) is 47.0 Å². The molecular formula is C17H22F3N3O. The minimum Gasteiger partial charge on any atom is -0.377 e. The van der Waals surface area contributed by atoms with Gasteiger partial charge in [0.1, 0.15) is 0 Å². The monoisotopic (exact) mass is 341 g/mol. The topological polar surface area (TPSA) is 45.7 Å². The van der Waals surface area contributed by atoms with Crippen LogP contribution in [0, 0.1) is 0 Å². The lowest BCUT2D eigenvalue weighted by Crippen LogP contribution is -2.37. The summed E-state index contributed by atoms with van der Waals surface area (Å²) in [6.45, 7) is 2.42. The van der Waals surface area contributed by atoms with Crippen molar-refractivity contribution < 1.29 is 17.9 Å². The highest BCUT2D eigenvalue weighted by molar-refractivity contribution is 5.79. The van der Waals surface area contributed by atoms with E-state index in [2.05, 4.69) is 21.7 Å². The summed E-state index contributed by atoms with van der Waals surface area (Å²) in [4.78, 5) is 4.08. The lowest BCUT2D eigenvalue weighted by Gasteiger charge is -2.16. The van der Waals surface area contributed by atoms with Gasteiger partial charge in [-0.05, 0) is 30.5 Å². The van der Waals surface area contributed by atoms with E-state index in [1.807, 2.05) is 0 Å². The molecular weight excluding hydrogens is 319 g/mol. The Labute approximate surface area is 139 Å². The van der Waals surface area contributed by atoms with E-state index in [1.54, 1.807) is 13.1 Å². The summed E-state index contributed by atoms with van der Waals surface area (Å²) in [6.07, 6.45) is -0.400. The van der Waals surface area contributed by atoms with Gasteiger partial charge in [0.05, 0.1) is 18.8 Å². The number of ether oxygens (including phenoxy) is 1. The predicted octanol–water partition coefficient (Wildman–Crippen LogP) is 3.11. The van der Waals surface area contributed by atoms with E-state index in [1.165, 1.54) is 11.6 Å². The van der Waals surface area contributed by atoms with E-state index < -0.39 is 11.7 Å². The van der Waals surface area contributed by atoms with E-state index >= 15 is 0 Å². The van der Waals surface area contributed by atoms with E-state index in [9.17, 15) is 13.2 Å². The second kappa shape index (κ2) is 8.73. The number of nitrogens with zero attached hydrogens (tertiary/aromatic N) is 1. The van der Waals surface area contributed by atoms with E-state index in [0.717, 1.165) is 31.6 Å². The van der Waals surface area contributed by atoms with Gasteiger partial charge in [0.25, 0.3) is 0 Å². The van der Waals surface area contributed by atoms with Crippen LogP contribution in [0.25, 0.3) is 0 Å². The van der Waals surface area contributed by atoms with Crippen LogP contribution in [0.1, 0.15) is 24.0 Å². The molecule has 0 aromatic heterocycles. The maximum absolute atomic E-state index is 12.7. The van der Waals surface area contributed by atoms with Gasteiger partial charge >= 0.3 is 6.18 Å². The highest BCUT2D eigenvalue weighted by atomic mass is 19.4. The van der Waals surface area contributed by atoms with Gasteiger partial charge in [-0.2, -0.15) is 13.2 Å². The van der Waals surface area contributed by atoms with Crippen molar-refractivity contribution in [2.45, 2.75) is 25.6 Å². The zero-order chi connectivity index (χ0) is 17.4. The van der Waals surface area contributed by atoms with Gasteiger partial charge in [0.15, 0.2) is 5.96 Å². The fourth-order valence-electron chi connectivity index (χ4n) is 2.40. The van der Waals surface area contributed by atoms with Crippen LogP contribution in [0.3, 0.4) is 0 Å². The average molecular weight is 341 g/mol. The molecule has 0 saturated carbocycles. The standard InChI is InChI=1S/C17H22F3N3O/c1-21-16(22-8-5-13-6-9-24-10-7-13)23-12-14-3-2-4-15(11-14)17(18,19)20/h2-4,6,11H,5,7-10,12H2,1H3,(H2,21,22,23). The molecule has 1 aromatic rings. The Kier molecular flexibility index (Phi) is 6.66. The molecule has 0 saturated heterocycles. The normalized spacial score (nSPS) is 15.8. The smallest absolute Gasteiger partial charge is 0.377 e. The molecule has 0 unspecified atom stereocenters. The van der Waals surface area contributed by atoms with Gasteiger partial charge in [0.2, 0.25) is 0 Å². The van der Waals surface area contributed by atoms with Crippen molar-refractivity contribution in [1.29, 1.82) is 0 Å². The summed E-state index contributed by atoms with van der Waals surface area (Å²) in [5, 5.41) is 6.20. The SMILES string of the molecule is CN=C(NCCC1=CCOCC1)NCc1cccc(C(F)(F)F)c1. The summed E-state index contributed by atoms with van der Waals surface area (Å²) in [6, 6.07) is 5.28. The van der Waals surface area contributed by atoms with Crippen LogP contribution >= 0.6 is 0 Å². The van der Waals surface area contributed by atoms with Gasteiger partial charge in [-0.15, -0.1) is 0 Å². The maximum atomic E-state index is 12.7. The second-order valence-corrected chi connectivity index (χ2v) is 5.49. The Hall–Kier alpha value is -2.02. The Morgan fingerprint density at radius 3 is 2.79 bits per heavy atom. The molecule has 7 heteroatoms. The Bertz CT molecular complexity index is 597. The number of hydrogen-bond acceptors (Lipinski definition) is 2. The van der Waals surface area contributed by atoms with Crippen molar-refractivity contribution in [2.24, 2.45) is 4.99 Å². The molecule has 132 valence electrons. The molecule has 1 heterocycles. The molecule has 0 aliphatic carbocycles. The predicted molar refractivity (Wildman–Crippen MR) is 87.8 cm³/mol. The van der Waals surface area contributed by atoms with E-state index in [-0.39, 0.29) is 6.54 Å². The lowest BCUT2D eigenvalue weighted by molar-refractivity contribution is -0.137. The Balaban J connectivity index is 1.80. The third-order valence-electron chi connectivity index (χ3n) is 3.73. The fourth-order valence-corrected chi connectivity index (χ4v) is 2.40. The first-order valence-electron chi connectivity index (χ1n) is 7.85. The number of nitrogens with one attached hydrogen (secondary N) is 2. The molecule has 2 N–H and O–H groups in total. The van der Waals surface area contributed by atoms with Gasteiger partial charge in [-0.3, -0.25) is 4.99 Å². The van der Waals surface area contributed by atoms with Crippen molar-refractivity contribution >= 4 is 5.96 Å². The highest BCUT2D eigenvalue weighted by Gasteiger charge is 2.30. The highest BCUT2D eigenvalue weighted by Crippen LogP contribution is 2.29. The zero-order valence-electron chi connectivity index (χ0n) is 13.6. The molecule has 24 heavy (non-hydrogen) atoms. The molecule has 0 fully saturated rings. The van der Waals surface area contributed by atoms with Crippen LogP contribution in [-0.4, -0.2) is 32.8 Å². The molecule has 2 rings (SSSR count). The lowest BCUT2D eigenvalue weighted by atomic mass is 10.1.